The fourth-order valence-electron chi connectivity index (χ4n) is 2.61. The maximum Gasteiger partial charge on any atom is 0.264 e. The first-order valence-electron chi connectivity index (χ1n) is 7.58. The quantitative estimate of drug-likeness (QED) is 0.938. The number of ether oxygens (including phenoxy) is 1. The molecule has 0 unspecified atom stereocenters. The molecule has 0 fully saturated rings. The van der Waals surface area contributed by atoms with E-state index in [9.17, 15) is 4.79 Å². The predicted octanol–water partition coefficient (Wildman–Crippen LogP) is 3.59. The first-order valence-corrected chi connectivity index (χ1v) is 8.39. The molecule has 1 aliphatic carbocycles. The predicted molar refractivity (Wildman–Crippen MR) is 88.6 cm³/mol. The third kappa shape index (κ3) is 3.65. The first-order chi connectivity index (χ1) is 10.6. The van der Waals surface area contributed by atoms with Crippen LogP contribution in [-0.2, 0) is 17.6 Å². The van der Waals surface area contributed by atoms with Crippen LogP contribution in [0.5, 0.6) is 5.75 Å². The summed E-state index contributed by atoms with van der Waals surface area (Å²) in [5, 5.41) is 3.53. The van der Waals surface area contributed by atoms with Gasteiger partial charge in [0.1, 0.15) is 5.75 Å². The van der Waals surface area contributed by atoms with Crippen LogP contribution in [0.2, 0.25) is 0 Å². The van der Waals surface area contributed by atoms with Crippen LogP contribution in [0.15, 0.2) is 24.3 Å². The van der Waals surface area contributed by atoms with E-state index >= 15 is 0 Å². The van der Waals surface area contributed by atoms with E-state index < -0.39 is 0 Å². The number of rotatable bonds is 4. The van der Waals surface area contributed by atoms with Crippen molar-refractivity contribution in [3.63, 3.8) is 0 Å². The van der Waals surface area contributed by atoms with Crippen molar-refractivity contribution < 1.29 is 9.53 Å². The lowest BCUT2D eigenvalue weighted by Crippen LogP contribution is -2.20. The Bertz CT molecular complexity index is 681. The van der Waals surface area contributed by atoms with Crippen molar-refractivity contribution in [3.8, 4) is 5.75 Å². The van der Waals surface area contributed by atoms with Crippen LogP contribution >= 0.6 is 11.3 Å². The second-order valence-corrected chi connectivity index (χ2v) is 6.97. The number of thiazole rings is 1. The zero-order valence-corrected chi connectivity index (χ0v) is 13.7. The molecule has 1 amide bonds. The van der Waals surface area contributed by atoms with E-state index in [4.69, 9.17) is 4.74 Å². The minimum absolute atomic E-state index is 0.00407. The molecule has 3 rings (SSSR count). The van der Waals surface area contributed by atoms with Crippen molar-refractivity contribution in [1.29, 1.82) is 0 Å². The molecule has 0 radical (unpaired) electrons. The fraction of sp³-hybridized carbons (Fsp3) is 0.412. The average Bonchev–Trinajstić information content (AvgIpc) is 2.86. The molecular formula is C17H20N2O2S. The molecule has 0 spiro atoms. The Morgan fingerprint density at radius 1 is 1.50 bits per heavy atom. The first kappa shape index (κ1) is 15.0. The summed E-state index contributed by atoms with van der Waals surface area (Å²) in [6.45, 7) is 4.24. The fourth-order valence-corrected chi connectivity index (χ4v) is 3.63. The molecule has 116 valence electrons. The number of amides is 1. The second kappa shape index (κ2) is 6.48. The van der Waals surface area contributed by atoms with Crippen molar-refractivity contribution in [2.45, 2.75) is 33.1 Å². The second-order valence-electron chi connectivity index (χ2n) is 5.89. The van der Waals surface area contributed by atoms with E-state index in [-0.39, 0.29) is 12.5 Å². The number of anilines is 1. The van der Waals surface area contributed by atoms with Crippen molar-refractivity contribution >= 4 is 22.4 Å². The Balaban J connectivity index is 1.56. The molecule has 0 saturated heterocycles. The maximum absolute atomic E-state index is 12.0. The number of nitrogens with one attached hydrogen (secondary N) is 1. The number of carbonyl (C=O) groups excluding carboxylic acids is 1. The Kier molecular flexibility index (Phi) is 4.43. The summed E-state index contributed by atoms with van der Waals surface area (Å²) in [4.78, 5) is 17.8. The van der Waals surface area contributed by atoms with E-state index in [1.807, 2.05) is 31.2 Å². The van der Waals surface area contributed by atoms with Gasteiger partial charge in [-0.3, -0.25) is 10.1 Å². The topological polar surface area (TPSA) is 51.2 Å². The molecule has 1 aromatic heterocycles. The van der Waals surface area contributed by atoms with Gasteiger partial charge in [-0.15, -0.1) is 11.3 Å². The van der Waals surface area contributed by atoms with Crippen LogP contribution in [0.1, 0.15) is 29.5 Å². The molecular weight excluding hydrogens is 296 g/mol. The van der Waals surface area contributed by atoms with Gasteiger partial charge in [0.25, 0.3) is 5.91 Å². The van der Waals surface area contributed by atoms with Crippen LogP contribution in [0.25, 0.3) is 0 Å². The molecule has 4 nitrogen and oxygen atoms in total. The lowest BCUT2D eigenvalue weighted by atomic mass is 9.93. The third-order valence-electron chi connectivity index (χ3n) is 3.79. The number of fused-ring (bicyclic) bond motifs is 1. The molecule has 1 aromatic carbocycles. The van der Waals surface area contributed by atoms with Gasteiger partial charge < -0.3 is 4.74 Å². The van der Waals surface area contributed by atoms with Crippen molar-refractivity contribution in [2.24, 2.45) is 5.92 Å². The SMILES string of the molecule is Cc1cccc(OCC(=O)Nc2nc3c(s2)CC[C@H](C)C3)c1. The van der Waals surface area contributed by atoms with E-state index in [1.165, 1.54) is 11.3 Å². The van der Waals surface area contributed by atoms with Crippen molar-refractivity contribution in [2.75, 3.05) is 11.9 Å². The zero-order chi connectivity index (χ0) is 15.5. The van der Waals surface area contributed by atoms with Gasteiger partial charge in [-0.25, -0.2) is 4.98 Å². The molecule has 1 aliphatic rings. The molecule has 1 heterocycles. The summed E-state index contributed by atoms with van der Waals surface area (Å²) < 4.78 is 5.50. The van der Waals surface area contributed by atoms with Crippen LogP contribution in [0.4, 0.5) is 5.13 Å². The Morgan fingerprint density at radius 2 is 2.36 bits per heavy atom. The number of aromatic nitrogens is 1. The number of aryl methyl sites for hydroxylation is 2. The summed E-state index contributed by atoms with van der Waals surface area (Å²) in [6.07, 6.45) is 3.30. The van der Waals surface area contributed by atoms with Gasteiger partial charge in [0.15, 0.2) is 11.7 Å². The summed E-state index contributed by atoms with van der Waals surface area (Å²) in [5.74, 6) is 1.23. The van der Waals surface area contributed by atoms with Crippen LogP contribution in [0, 0.1) is 12.8 Å². The largest absolute Gasteiger partial charge is 0.484 e. The highest BCUT2D eigenvalue weighted by atomic mass is 32.1. The highest BCUT2D eigenvalue weighted by Gasteiger charge is 2.20. The summed E-state index contributed by atoms with van der Waals surface area (Å²) in [7, 11) is 0. The lowest BCUT2D eigenvalue weighted by Gasteiger charge is -2.15. The minimum Gasteiger partial charge on any atom is -0.484 e. The van der Waals surface area contributed by atoms with Crippen LogP contribution in [-0.4, -0.2) is 17.5 Å². The summed E-state index contributed by atoms with van der Waals surface area (Å²) in [6, 6.07) is 7.67. The average molecular weight is 316 g/mol. The number of hydrogen-bond acceptors (Lipinski definition) is 4. The van der Waals surface area contributed by atoms with Gasteiger partial charge in [0.05, 0.1) is 5.69 Å². The van der Waals surface area contributed by atoms with Gasteiger partial charge in [0, 0.05) is 4.88 Å². The van der Waals surface area contributed by atoms with E-state index in [1.54, 1.807) is 11.3 Å². The van der Waals surface area contributed by atoms with Crippen LogP contribution in [0.3, 0.4) is 0 Å². The summed E-state index contributed by atoms with van der Waals surface area (Å²) >= 11 is 1.59. The Morgan fingerprint density at radius 3 is 3.18 bits per heavy atom. The molecule has 1 N–H and O–H groups in total. The normalized spacial score (nSPS) is 16.9. The van der Waals surface area contributed by atoms with Gasteiger partial charge in [-0.2, -0.15) is 0 Å². The molecule has 5 heteroatoms. The van der Waals surface area contributed by atoms with Gasteiger partial charge in [0.2, 0.25) is 0 Å². The highest BCUT2D eigenvalue weighted by molar-refractivity contribution is 7.15. The number of nitrogens with zero attached hydrogens (tertiary/aromatic N) is 1. The molecule has 0 bridgehead atoms. The van der Waals surface area contributed by atoms with Gasteiger partial charge in [-0.1, -0.05) is 19.1 Å². The third-order valence-corrected chi connectivity index (χ3v) is 4.86. The zero-order valence-electron chi connectivity index (χ0n) is 12.9. The molecule has 2 aromatic rings. The van der Waals surface area contributed by atoms with Gasteiger partial charge in [-0.05, 0) is 49.8 Å². The smallest absolute Gasteiger partial charge is 0.264 e. The van der Waals surface area contributed by atoms with Crippen LogP contribution < -0.4 is 10.1 Å². The maximum atomic E-state index is 12.0. The number of carbonyl (C=O) groups is 1. The van der Waals surface area contributed by atoms with Crippen molar-refractivity contribution in [1.82, 2.24) is 4.98 Å². The molecule has 0 saturated carbocycles. The highest BCUT2D eigenvalue weighted by Crippen LogP contribution is 2.31. The van der Waals surface area contributed by atoms with Gasteiger partial charge >= 0.3 is 0 Å². The van der Waals surface area contributed by atoms with Crippen molar-refractivity contribution in [3.05, 3.63) is 40.4 Å². The molecule has 1 atom stereocenters. The van der Waals surface area contributed by atoms with E-state index in [0.717, 1.165) is 24.1 Å². The lowest BCUT2D eigenvalue weighted by molar-refractivity contribution is -0.118. The standard InChI is InChI=1S/C17H20N2O2S/c1-11-4-3-5-13(8-11)21-10-16(20)19-17-18-14-9-12(2)6-7-15(14)22-17/h3-5,8,12H,6-7,9-10H2,1-2H3,(H,18,19,20)/t12-/m0/s1. The number of hydrogen-bond donors (Lipinski definition) is 1. The minimum atomic E-state index is -0.166. The Hall–Kier alpha value is -1.88. The van der Waals surface area contributed by atoms with E-state index in [2.05, 4.69) is 17.2 Å². The summed E-state index contributed by atoms with van der Waals surface area (Å²) in [5.41, 5.74) is 2.26. The Labute approximate surface area is 134 Å². The molecule has 0 aliphatic heterocycles. The monoisotopic (exact) mass is 316 g/mol. The number of benzene rings is 1. The molecule has 22 heavy (non-hydrogen) atoms. The van der Waals surface area contributed by atoms with E-state index in [0.29, 0.717) is 16.8 Å².